The van der Waals surface area contributed by atoms with E-state index in [1.807, 2.05) is 6.92 Å². The molecule has 20 heavy (non-hydrogen) atoms. The summed E-state index contributed by atoms with van der Waals surface area (Å²) in [4.78, 5) is 4.69. The zero-order valence-corrected chi connectivity index (χ0v) is 12.9. The molecule has 5 nitrogen and oxygen atoms in total. The SMILES string of the molecule is CCOC(CC)(CC)c1noc(C2(CN)CCCC2)n1. The third-order valence-corrected chi connectivity index (χ3v) is 4.80. The maximum Gasteiger partial charge on any atom is 0.234 e. The highest BCUT2D eigenvalue weighted by molar-refractivity contribution is 5.11. The van der Waals surface area contributed by atoms with Gasteiger partial charge in [-0.2, -0.15) is 4.98 Å². The molecule has 2 N–H and O–H groups in total. The summed E-state index contributed by atoms with van der Waals surface area (Å²) in [6.07, 6.45) is 6.15. The Kier molecular flexibility index (Phi) is 4.81. The fourth-order valence-electron chi connectivity index (χ4n) is 3.29. The monoisotopic (exact) mass is 281 g/mol. The van der Waals surface area contributed by atoms with Gasteiger partial charge in [0.1, 0.15) is 5.60 Å². The molecule has 1 aliphatic carbocycles. The Balaban J connectivity index is 2.31. The van der Waals surface area contributed by atoms with Crippen LogP contribution in [0.1, 0.15) is 71.0 Å². The van der Waals surface area contributed by atoms with Gasteiger partial charge >= 0.3 is 0 Å². The minimum Gasteiger partial charge on any atom is -0.367 e. The van der Waals surface area contributed by atoms with Crippen molar-refractivity contribution in [3.05, 3.63) is 11.7 Å². The van der Waals surface area contributed by atoms with Crippen LogP contribution >= 0.6 is 0 Å². The van der Waals surface area contributed by atoms with Crippen LogP contribution < -0.4 is 5.73 Å². The highest BCUT2D eigenvalue weighted by atomic mass is 16.5. The van der Waals surface area contributed by atoms with E-state index in [9.17, 15) is 0 Å². The Hall–Kier alpha value is -0.940. The second-order valence-electron chi connectivity index (χ2n) is 5.75. The maximum atomic E-state index is 5.98. The van der Waals surface area contributed by atoms with Gasteiger partial charge in [-0.05, 0) is 32.6 Å². The third kappa shape index (κ3) is 2.49. The summed E-state index contributed by atoms with van der Waals surface area (Å²) < 4.78 is 11.5. The van der Waals surface area contributed by atoms with Crippen LogP contribution in [0.5, 0.6) is 0 Å². The average Bonchev–Trinajstić information content (AvgIpc) is 3.14. The number of hydrogen-bond donors (Lipinski definition) is 1. The second kappa shape index (κ2) is 6.22. The number of ether oxygens (including phenoxy) is 1. The van der Waals surface area contributed by atoms with Gasteiger partial charge in [0.05, 0.1) is 5.41 Å². The molecule has 1 aromatic rings. The quantitative estimate of drug-likeness (QED) is 0.831. The molecule has 1 aromatic heterocycles. The van der Waals surface area contributed by atoms with E-state index in [4.69, 9.17) is 15.0 Å². The van der Waals surface area contributed by atoms with Crippen LogP contribution in [-0.4, -0.2) is 23.3 Å². The van der Waals surface area contributed by atoms with Gasteiger partial charge < -0.3 is 15.0 Å². The zero-order chi connectivity index (χ0) is 14.6. The van der Waals surface area contributed by atoms with E-state index in [0.717, 1.165) is 25.7 Å². The van der Waals surface area contributed by atoms with E-state index >= 15 is 0 Å². The van der Waals surface area contributed by atoms with Crippen LogP contribution in [-0.2, 0) is 15.8 Å². The van der Waals surface area contributed by atoms with Gasteiger partial charge in [0.15, 0.2) is 0 Å². The van der Waals surface area contributed by atoms with Crippen molar-refractivity contribution in [2.75, 3.05) is 13.2 Å². The molecular formula is C15H27N3O2. The molecule has 1 aliphatic rings. The normalized spacial score (nSPS) is 18.6. The topological polar surface area (TPSA) is 74.2 Å². The van der Waals surface area contributed by atoms with E-state index < -0.39 is 5.60 Å². The lowest BCUT2D eigenvalue weighted by Crippen LogP contribution is -2.33. The highest BCUT2D eigenvalue weighted by Crippen LogP contribution is 2.40. The lowest BCUT2D eigenvalue weighted by atomic mass is 9.86. The first-order valence-corrected chi connectivity index (χ1v) is 7.85. The van der Waals surface area contributed by atoms with Gasteiger partial charge in [-0.15, -0.1) is 0 Å². The molecule has 0 atom stereocenters. The maximum absolute atomic E-state index is 5.98. The summed E-state index contributed by atoms with van der Waals surface area (Å²) in [5.41, 5.74) is 5.45. The van der Waals surface area contributed by atoms with Crippen LogP contribution in [0.15, 0.2) is 4.52 Å². The molecule has 0 unspecified atom stereocenters. The Bertz CT molecular complexity index is 421. The first-order chi connectivity index (χ1) is 9.66. The number of nitrogens with zero attached hydrogens (tertiary/aromatic N) is 2. The van der Waals surface area contributed by atoms with Crippen molar-refractivity contribution < 1.29 is 9.26 Å². The molecule has 0 aromatic carbocycles. The lowest BCUT2D eigenvalue weighted by molar-refractivity contribution is -0.0583. The van der Waals surface area contributed by atoms with E-state index in [-0.39, 0.29) is 5.41 Å². The molecule has 0 radical (unpaired) electrons. The summed E-state index contributed by atoms with van der Waals surface area (Å²) >= 11 is 0. The van der Waals surface area contributed by atoms with Gasteiger partial charge in [0, 0.05) is 13.2 Å². The Labute approximate surface area is 121 Å². The molecule has 0 spiro atoms. The van der Waals surface area contributed by atoms with Crippen molar-refractivity contribution in [1.29, 1.82) is 0 Å². The van der Waals surface area contributed by atoms with E-state index in [2.05, 4.69) is 24.0 Å². The fraction of sp³-hybridized carbons (Fsp3) is 0.867. The van der Waals surface area contributed by atoms with Gasteiger partial charge in [-0.25, -0.2) is 0 Å². The van der Waals surface area contributed by atoms with Crippen LogP contribution in [0, 0.1) is 0 Å². The predicted octanol–water partition coefficient (Wildman–Crippen LogP) is 2.89. The van der Waals surface area contributed by atoms with Crippen LogP contribution in [0.4, 0.5) is 0 Å². The summed E-state index contributed by atoms with van der Waals surface area (Å²) in [6.45, 7) is 7.43. The highest BCUT2D eigenvalue weighted by Gasteiger charge is 2.42. The molecule has 114 valence electrons. The van der Waals surface area contributed by atoms with E-state index in [1.54, 1.807) is 0 Å². The first kappa shape index (κ1) is 15.4. The summed E-state index contributed by atoms with van der Waals surface area (Å²) in [7, 11) is 0. The third-order valence-electron chi connectivity index (χ3n) is 4.80. The fourth-order valence-corrected chi connectivity index (χ4v) is 3.29. The Morgan fingerprint density at radius 1 is 1.25 bits per heavy atom. The van der Waals surface area contributed by atoms with Gasteiger partial charge in [0.2, 0.25) is 11.7 Å². The Morgan fingerprint density at radius 3 is 2.40 bits per heavy atom. The number of aromatic nitrogens is 2. The van der Waals surface area contributed by atoms with Crippen molar-refractivity contribution in [2.24, 2.45) is 5.73 Å². The van der Waals surface area contributed by atoms with Gasteiger partial charge in [-0.3, -0.25) is 0 Å². The van der Waals surface area contributed by atoms with Crippen molar-refractivity contribution in [3.8, 4) is 0 Å². The molecule has 1 fully saturated rings. The second-order valence-corrected chi connectivity index (χ2v) is 5.75. The van der Waals surface area contributed by atoms with Crippen LogP contribution in [0.2, 0.25) is 0 Å². The average molecular weight is 281 g/mol. The van der Waals surface area contributed by atoms with Crippen molar-refractivity contribution >= 4 is 0 Å². The van der Waals surface area contributed by atoms with Crippen LogP contribution in [0.3, 0.4) is 0 Å². The lowest BCUT2D eigenvalue weighted by Gasteiger charge is -2.28. The van der Waals surface area contributed by atoms with Gasteiger partial charge in [-0.1, -0.05) is 31.8 Å². The van der Waals surface area contributed by atoms with Crippen LogP contribution in [0.25, 0.3) is 0 Å². The number of nitrogens with two attached hydrogens (primary N) is 1. The van der Waals surface area contributed by atoms with Crippen molar-refractivity contribution in [2.45, 2.75) is 70.3 Å². The molecule has 0 bridgehead atoms. The molecular weight excluding hydrogens is 254 g/mol. The van der Waals surface area contributed by atoms with E-state index in [0.29, 0.717) is 24.9 Å². The van der Waals surface area contributed by atoms with Crippen molar-refractivity contribution in [3.63, 3.8) is 0 Å². The smallest absolute Gasteiger partial charge is 0.234 e. The molecule has 5 heteroatoms. The molecule has 1 heterocycles. The standard InChI is InChI=1S/C15H27N3O2/c1-4-15(5-2,19-6-3)12-17-13(20-18-12)14(11-16)9-7-8-10-14/h4-11,16H2,1-3H3. The minimum absolute atomic E-state index is 0.106. The molecule has 1 saturated carbocycles. The van der Waals surface area contributed by atoms with Gasteiger partial charge in [0.25, 0.3) is 0 Å². The zero-order valence-electron chi connectivity index (χ0n) is 12.9. The molecule has 2 rings (SSSR count). The number of rotatable bonds is 7. The number of hydrogen-bond acceptors (Lipinski definition) is 5. The molecule has 0 amide bonds. The first-order valence-electron chi connectivity index (χ1n) is 7.85. The largest absolute Gasteiger partial charge is 0.367 e. The van der Waals surface area contributed by atoms with Crippen molar-refractivity contribution in [1.82, 2.24) is 10.1 Å². The molecule has 0 saturated heterocycles. The van der Waals surface area contributed by atoms with E-state index in [1.165, 1.54) is 12.8 Å². The predicted molar refractivity (Wildman–Crippen MR) is 77.4 cm³/mol. The Morgan fingerprint density at radius 2 is 1.90 bits per heavy atom. The molecule has 0 aliphatic heterocycles. The summed E-state index contributed by atoms with van der Waals surface area (Å²) in [5, 5.41) is 4.22. The summed E-state index contributed by atoms with van der Waals surface area (Å²) in [5.74, 6) is 1.39. The summed E-state index contributed by atoms with van der Waals surface area (Å²) in [6, 6.07) is 0. The minimum atomic E-state index is -0.426.